The fourth-order valence-corrected chi connectivity index (χ4v) is 2.46. The maximum Gasteiger partial charge on any atom is 0.00643 e. The first-order chi connectivity index (χ1) is 8.91. The first-order valence-electron chi connectivity index (χ1n) is 8.29. The largest absolute Gasteiger partial charge is 0.306 e. The fraction of sp³-hybridized carbons (Fsp3) is 1.00. The summed E-state index contributed by atoms with van der Waals surface area (Å²) in [5, 5.41) is 0. The van der Waals surface area contributed by atoms with Crippen molar-refractivity contribution in [3.05, 3.63) is 0 Å². The first-order valence-corrected chi connectivity index (χ1v) is 8.29. The third-order valence-electron chi connectivity index (χ3n) is 3.75. The highest BCUT2D eigenvalue weighted by molar-refractivity contribution is 4.79. The van der Waals surface area contributed by atoms with Gasteiger partial charge < -0.3 is 9.80 Å². The Morgan fingerprint density at radius 1 is 0.947 bits per heavy atom. The van der Waals surface area contributed by atoms with Crippen molar-refractivity contribution in [3.8, 4) is 0 Å². The Morgan fingerprint density at radius 2 is 1.47 bits per heavy atom. The topological polar surface area (TPSA) is 6.48 Å². The molecule has 2 heterocycles. The summed E-state index contributed by atoms with van der Waals surface area (Å²) in [6, 6.07) is 0.847. The Kier molecular flexibility index (Phi) is 13.1. The van der Waals surface area contributed by atoms with Crippen LogP contribution in [0.5, 0.6) is 0 Å². The van der Waals surface area contributed by atoms with Crippen molar-refractivity contribution in [1.82, 2.24) is 9.80 Å². The summed E-state index contributed by atoms with van der Waals surface area (Å²) < 4.78 is 0. The molecule has 2 nitrogen and oxygen atoms in total. The second-order valence-electron chi connectivity index (χ2n) is 6.12. The quantitative estimate of drug-likeness (QED) is 0.640. The molecule has 0 radical (unpaired) electrons. The van der Waals surface area contributed by atoms with E-state index in [9.17, 15) is 0 Å². The van der Waals surface area contributed by atoms with E-state index in [0.717, 1.165) is 6.04 Å². The predicted molar refractivity (Wildman–Crippen MR) is 89.9 cm³/mol. The van der Waals surface area contributed by atoms with E-state index in [0.29, 0.717) is 5.41 Å². The molecule has 0 saturated carbocycles. The maximum atomic E-state index is 2.40. The van der Waals surface area contributed by atoms with Crippen molar-refractivity contribution >= 4 is 0 Å². The zero-order valence-corrected chi connectivity index (χ0v) is 15.2. The van der Waals surface area contributed by atoms with E-state index >= 15 is 0 Å². The number of likely N-dealkylation sites (tertiary alicyclic amines) is 2. The van der Waals surface area contributed by atoms with Crippen molar-refractivity contribution in [3.63, 3.8) is 0 Å². The monoisotopic (exact) mass is 272 g/mol. The predicted octanol–water partition coefficient (Wildman–Crippen LogP) is 4.50. The lowest BCUT2D eigenvalue weighted by atomic mass is 9.93. The van der Waals surface area contributed by atoms with Gasteiger partial charge in [-0.3, -0.25) is 0 Å². The van der Waals surface area contributed by atoms with E-state index in [1.807, 2.05) is 27.7 Å². The number of hydrogen-bond donors (Lipinski definition) is 0. The first kappa shape index (κ1) is 21.2. The molecule has 0 spiro atoms. The van der Waals surface area contributed by atoms with Crippen LogP contribution in [-0.2, 0) is 0 Å². The second-order valence-corrected chi connectivity index (χ2v) is 6.12. The Bertz CT molecular complexity index is 182. The highest BCUT2D eigenvalue weighted by Crippen LogP contribution is 2.27. The number of hydrogen-bond acceptors (Lipinski definition) is 2. The van der Waals surface area contributed by atoms with Crippen LogP contribution in [0.25, 0.3) is 0 Å². The van der Waals surface area contributed by atoms with E-state index < -0.39 is 0 Å². The van der Waals surface area contributed by atoms with Gasteiger partial charge in [0.2, 0.25) is 0 Å². The molecule has 2 rings (SSSR count). The van der Waals surface area contributed by atoms with Gasteiger partial charge in [0, 0.05) is 12.6 Å². The van der Waals surface area contributed by atoms with Gasteiger partial charge in [-0.2, -0.15) is 0 Å². The standard InChI is InChI=1S/C7H15N.C6H13N.2C2H6/c1-7(2)4-5-8(3)6-7;1-6-4-3-5-7(6)2;2*1-2/h4-6H2,1-3H3;6H,3-5H2,1-2H3;2*1-2H3. The van der Waals surface area contributed by atoms with Crippen LogP contribution in [0.2, 0.25) is 0 Å². The molecule has 1 unspecified atom stereocenters. The zero-order valence-electron chi connectivity index (χ0n) is 15.2. The Balaban J connectivity index is 0. The summed E-state index contributed by atoms with van der Waals surface area (Å²) in [4.78, 5) is 4.79. The van der Waals surface area contributed by atoms with Crippen molar-refractivity contribution < 1.29 is 0 Å². The van der Waals surface area contributed by atoms with Crippen molar-refractivity contribution in [2.75, 3.05) is 33.7 Å². The van der Waals surface area contributed by atoms with Gasteiger partial charge in [0.25, 0.3) is 0 Å². The molecular formula is C17H40N2. The van der Waals surface area contributed by atoms with Gasteiger partial charge in [-0.15, -0.1) is 0 Å². The molecular weight excluding hydrogens is 232 g/mol. The highest BCUT2D eigenvalue weighted by atomic mass is 15.1. The Morgan fingerprint density at radius 3 is 1.58 bits per heavy atom. The molecule has 118 valence electrons. The lowest BCUT2D eigenvalue weighted by Gasteiger charge is -2.15. The van der Waals surface area contributed by atoms with Gasteiger partial charge in [-0.25, -0.2) is 0 Å². The van der Waals surface area contributed by atoms with Crippen LogP contribution in [0.1, 0.15) is 67.7 Å². The fourth-order valence-electron chi connectivity index (χ4n) is 2.46. The molecule has 0 N–H and O–H groups in total. The molecule has 1 atom stereocenters. The Labute approximate surface area is 123 Å². The smallest absolute Gasteiger partial charge is 0.00643 e. The molecule has 0 bridgehead atoms. The molecule has 2 fully saturated rings. The zero-order chi connectivity index (χ0) is 15.5. The van der Waals surface area contributed by atoms with Crippen molar-refractivity contribution in [2.45, 2.75) is 73.8 Å². The minimum absolute atomic E-state index is 0.592. The summed E-state index contributed by atoms with van der Waals surface area (Å²) in [6.45, 7) is 18.8. The van der Waals surface area contributed by atoms with Crippen molar-refractivity contribution in [2.24, 2.45) is 5.41 Å². The summed E-state index contributed by atoms with van der Waals surface area (Å²) in [5.74, 6) is 0. The molecule has 2 aliphatic rings. The van der Waals surface area contributed by atoms with Crippen LogP contribution < -0.4 is 0 Å². The molecule has 2 aliphatic heterocycles. The molecule has 0 aromatic heterocycles. The highest BCUT2D eigenvalue weighted by Gasteiger charge is 2.26. The normalized spacial score (nSPS) is 25.4. The van der Waals surface area contributed by atoms with E-state index in [4.69, 9.17) is 0 Å². The summed E-state index contributed by atoms with van der Waals surface area (Å²) in [7, 11) is 4.38. The molecule has 0 aromatic carbocycles. The second kappa shape index (κ2) is 11.7. The number of rotatable bonds is 0. The Hall–Kier alpha value is -0.0800. The van der Waals surface area contributed by atoms with E-state index in [2.05, 4.69) is 44.7 Å². The van der Waals surface area contributed by atoms with Crippen LogP contribution in [0.4, 0.5) is 0 Å². The lowest BCUT2D eigenvalue weighted by molar-refractivity contribution is 0.331. The van der Waals surface area contributed by atoms with Crippen LogP contribution in [-0.4, -0.2) is 49.6 Å². The van der Waals surface area contributed by atoms with Crippen LogP contribution in [0, 0.1) is 5.41 Å². The van der Waals surface area contributed by atoms with Gasteiger partial charge in [0.05, 0.1) is 0 Å². The van der Waals surface area contributed by atoms with Crippen LogP contribution in [0.3, 0.4) is 0 Å². The van der Waals surface area contributed by atoms with Gasteiger partial charge in [-0.05, 0) is 58.8 Å². The van der Waals surface area contributed by atoms with E-state index in [-0.39, 0.29) is 0 Å². The van der Waals surface area contributed by atoms with Gasteiger partial charge in [0.1, 0.15) is 0 Å². The summed E-state index contributed by atoms with van der Waals surface area (Å²) >= 11 is 0. The summed E-state index contributed by atoms with van der Waals surface area (Å²) in [6.07, 6.45) is 4.16. The average molecular weight is 273 g/mol. The third-order valence-corrected chi connectivity index (χ3v) is 3.75. The third kappa shape index (κ3) is 10.4. The average Bonchev–Trinajstić information content (AvgIpc) is 2.91. The lowest BCUT2D eigenvalue weighted by Crippen LogP contribution is -2.20. The van der Waals surface area contributed by atoms with Crippen molar-refractivity contribution in [1.29, 1.82) is 0 Å². The van der Waals surface area contributed by atoms with E-state index in [1.165, 1.54) is 38.9 Å². The molecule has 2 heteroatoms. The molecule has 0 aromatic rings. The van der Waals surface area contributed by atoms with Gasteiger partial charge in [0.15, 0.2) is 0 Å². The molecule has 0 amide bonds. The molecule has 0 aliphatic carbocycles. The number of nitrogens with zero attached hydrogens (tertiary/aromatic N) is 2. The maximum absolute atomic E-state index is 2.40. The van der Waals surface area contributed by atoms with Gasteiger partial charge >= 0.3 is 0 Å². The summed E-state index contributed by atoms with van der Waals surface area (Å²) in [5.41, 5.74) is 0.592. The van der Waals surface area contributed by atoms with Crippen LogP contribution in [0.15, 0.2) is 0 Å². The minimum Gasteiger partial charge on any atom is -0.306 e. The minimum atomic E-state index is 0.592. The van der Waals surface area contributed by atoms with Gasteiger partial charge in [-0.1, -0.05) is 41.5 Å². The molecule has 19 heavy (non-hydrogen) atoms. The van der Waals surface area contributed by atoms with E-state index in [1.54, 1.807) is 0 Å². The SMILES string of the molecule is CC.CC.CC1CCCN1C.CN1CCC(C)(C)C1. The van der Waals surface area contributed by atoms with Crippen LogP contribution >= 0.6 is 0 Å². The molecule has 2 saturated heterocycles.